The second-order valence-corrected chi connectivity index (χ2v) is 8.30. The average molecular weight is 418 g/mol. The molecule has 1 aromatic carbocycles. The molecule has 0 radical (unpaired) electrons. The van der Waals surface area contributed by atoms with Gasteiger partial charge in [0.15, 0.2) is 0 Å². The molecule has 1 atom stereocenters. The van der Waals surface area contributed by atoms with Crippen LogP contribution in [0, 0.1) is 5.92 Å². The molecule has 1 aromatic rings. The summed E-state index contributed by atoms with van der Waals surface area (Å²) in [6.07, 6.45) is 3.60. The smallest absolute Gasteiger partial charge is 0.224 e. The number of carbonyl (C=O) groups excluding carboxylic acids is 2. The first kappa shape index (κ1) is 22.6. The summed E-state index contributed by atoms with van der Waals surface area (Å²) in [5, 5.41) is 2.93. The normalized spacial score (nSPS) is 19.3. The van der Waals surface area contributed by atoms with Crippen LogP contribution >= 0.6 is 0 Å². The van der Waals surface area contributed by atoms with Gasteiger partial charge in [-0.2, -0.15) is 0 Å². The van der Waals surface area contributed by atoms with Crippen molar-refractivity contribution in [2.45, 2.75) is 38.6 Å². The van der Waals surface area contributed by atoms with Crippen LogP contribution in [-0.4, -0.2) is 74.7 Å². The standard InChI is InChI=1S/C23H35N3O4/c1-18(27)24-22(20-3-5-21(29-2)6-4-20)17-23(28)26-11-8-19(9-12-26)7-10-25-13-15-30-16-14-25/h3-6,19,22H,7-17H2,1-2H3,(H,24,27). The zero-order valence-electron chi connectivity index (χ0n) is 18.3. The Morgan fingerprint density at radius 3 is 2.40 bits per heavy atom. The fraction of sp³-hybridized carbons (Fsp3) is 0.652. The van der Waals surface area contributed by atoms with Crippen LogP contribution in [0.25, 0.3) is 0 Å². The van der Waals surface area contributed by atoms with E-state index in [1.165, 1.54) is 13.3 Å². The van der Waals surface area contributed by atoms with E-state index in [0.29, 0.717) is 5.92 Å². The summed E-state index contributed by atoms with van der Waals surface area (Å²) in [6.45, 7) is 7.99. The van der Waals surface area contributed by atoms with E-state index in [4.69, 9.17) is 9.47 Å². The van der Waals surface area contributed by atoms with E-state index >= 15 is 0 Å². The third-order valence-electron chi connectivity index (χ3n) is 6.20. The van der Waals surface area contributed by atoms with Crippen molar-refractivity contribution < 1.29 is 19.1 Å². The Kier molecular flexibility index (Phi) is 8.51. The van der Waals surface area contributed by atoms with E-state index in [2.05, 4.69) is 10.2 Å². The summed E-state index contributed by atoms with van der Waals surface area (Å²) >= 11 is 0. The van der Waals surface area contributed by atoms with Crippen molar-refractivity contribution in [2.75, 3.05) is 53.0 Å². The van der Waals surface area contributed by atoms with E-state index in [1.54, 1.807) is 7.11 Å². The van der Waals surface area contributed by atoms with Crippen LogP contribution in [0.3, 0.4) is 0 Å². The molecule has 0 aromatic heterocycles. The van der Waals surface area contributed by atoms with Crippen LogP contribution < -0.4 is 10.1 Å². The number of likely N-dealkylation sites (tertiary alicyclic amines) is 1. The summed E-state index contributed by atoms with van der Waals surface area (Å²) in [5.41, 5.74) is 0.916. The highest BCUT2D eigenvalue weighted by Gasteiger charge is 2.26. The Morgan fingerprint density at radius 2 is 1.80 bits per heavy atom. The molecule has 2 aliphatic heterocycles. The van der Waals surface area contributed by atoms with Crippen molar-refractivity contribution in [3.8, 4) is 5.75 Å². The van der Waals surface area contributed by atoms with Gasteiger partial charge < -0.3 is 19.7 Å². The van der Waals surface area contributed by atoms with Crippen molar-refractivity contribution in [2.24, 2.45) is 5.92 Å². The zero-order chi connectivity index (χ0) is 21.3. The molecule has 2 heterocycles. The molecular weight excluding hydrogens is 382 g/mol. The topological polar surface area (TPSA) is 71.1 Å². The van der Waals surface area contributed by atoms with Crippen LogP contribution in [0.4, 0.5) is 0 Å². The van der Waals surface area contributed by atoms with Crippen molar-refractivity contribution in [1.29, 1.82) is 0 Å². The van der Waals surface area contributed by atoms with Crippen molar-refractivity contribution in [1.82, 2.24) is 15.1 Å². The lowest BCUT2D eigenvalue weighted by molar-refractivity contribution is -0.133. The van der Waals surface area contributed by atoms with Gasteiger partial charge in [-0.3, -0.25) is 14.5 Å². The lowest BCUT2D eigenvalue weighted by atomic mass is 9.92. The summed E-state index contributed by atoms with van der Waals surface area (Å²) < 4.78 is 10.6. The van der Waals surface area contributed by atoms with Gasteiger partial charge in [0, 0.05) is 33.1 Å². The summed E-state index contributed by atoms with van der Waals surface area (Å²) in [7, 11) is 1.62. The Bertz CT molecular complexity index is 680. The molecule has 0 saturated carbocycles. The highest BCUT2D eigenvalue weighted by atomic mass is 16.5. The number of hydrogen-bond donors (Lipinski definition) is 1. The van der Waals surface area contributed by atoms with Gasteiger partial charge in [0.1, 0.15) is 5.75 Å². The third-order valence-corrected chi connectivity index (χ3v) is 6.20. The SMILES string of the molecule is COc1ccc(C(CC(=O)N2CCC(CCN3CCOCC3)CC2)NC(C)=O)cc1. The van der Waals surface area contributed by atoms with Gasteiger partial charge in [0.05, 0.1) is 32.8 Å². The monoisotopic (exact) mass is 417 g/mol. The lowest BCUT2D eigenvalue weighted by Crippen LogP contribution is -2.42. The molecule has 2 amide bonds. The van der Waals surface area contributed by atoms with E-state index in [-0.39, 0.29) is 24.3 Å². The van der Waals surface area contributed by atoms with Crippen LogP contribution in [0.1, 0.15) is 44.2 Å². The summed E-state index contributed by atoms with van der Waals surface area (Å²) in [4.78, 5) is 29.0. The lowest BCUT2D eigenvalue weighted by Gasteiger charge is -2.34. The Balaban J connectivity index is 1.47. The number of morpholine rings is 1. The van der Waals surface area contributed by atoms with E-state index in [0.717, 1.165) is 70.1 Å². The first-order chi connectivity index (χ1) is 14.5. The molecule has 7 heteroatoms. The highest BCUT2D eigenvalue weighted by molar-refractivity contribution is 5.79. The largest absolute Gasteiger partial charge is 0.497 e. The van der Waals surface area contributed by atoms with Gasteiger partial charge in [-0.25, -0.2) is 0 Å². The second kappa shape index (κ2) is 11.3. The quantitative estimate of drug-likeness (QED) is 0.702. The molecule has 2 saturated heterocycles. The van der Waals surface area contributed by atoms with Gasteiger partial charge in [-0.1, -0.05) is 12.1 Å². The van der Waals surface area contributed by atoms with Crippen molar-refractivity contribution in [3.05, 3.63) is 29.8 Å². The first-order valence-electron chi connectivity index (χ1n) is 11.0. The number of ether oxygens (including phenoxy) is 2. The zero-order valence-corrected chi connectivity index (χ0v) is 18.3. The number of benzene rings is 1. The fourth-order valence-electron chi connectivity index (χ4n) is 4.30. The van der Waals surface area contributed by atoms with Crippen molar-refractivity contribution in [3.63, 3.8) is 0 Å². The first-order valence-corrected chi connectivity index (χ1v) is 11.0. The number of amides is 2. The summed E-state index contributed by atoms with van der Waals surface area (Å²) in [6, 6.07) is 7.21. The minimum Gasteiger partial charge on any atom is -0.497 e. The number of nitrogens with zero attached hydrogens (tertiary/aromatic N) is 2. The van der Waals surface area contributed by atoms with Crippen LogP contribution in [0.5, 0.6) is 5.75 Å². The molecule has 3 rings (SSSR count). The molecule has 166 valence electrons. The average Bonchev–Trinajstić information content (AvgIpc) is 2.78. The number of hydrogen-bond acceptors (Lipinski definition) is 5. The molecule has 0 aliphatic carbocycles. The van der Waals surface area contributed by atoms with E-state index < -0.39 is 0 Å². The van der Waals surface area contributed by atoms with E-state index in [1.807, 2.05) is 29.2 Å². The predicted octanol–water partition coefficient (Wildman–Crippen LogP) is 2.22. The number of piperidine rings is 1. The van der Waals surface area contributed by atoms with Crippen molar-refractivity contribution >= 4 is 11.8 Å². The summed E-state index contributed by atoms with van der Waals surface area (Å²) in [5.74, 6) is 1.41. The van der Waals surface area contributed by atoms with Gasteiger partial charge in [-0.05, 0) is 49.4 Å². The molecule has 0 spiro atoms. The minimum atomic E-state index is -0.319. The van der Waals surface area contributed by atoms with Crippen LogP contribution in [0.2, 0.25) is 0 Å². The molecular formula is C23H35N3O4. The van der Waals surface area contributed by atoms with Gasteiger partial charge in [0.25, 0.3) is 0 Å². The molecule has 2 aliphatic rings. The van der Waals surface area contributed by atoms with E-state index in [9.17, 15) is 9.59 Å². The number of rotatable bonds is 8. The van der Waals surface area contributed by atoms with Gasteiger partial charge in [0.2, 0.25) is 11.8 Å². The fourth-order valence-corrected chi connectivity index (χ4v) is 4.30. The minimum absolute atomic E-state index is 0.108. The predicted molar refractivity (Wildman–Crippen MR) is 115 cm³/mol. The number of nitrogens with one attached hydrogen (secondary N) is 1. The molecule has 7 nitrogen and oxygen atoms in total. The molecule has 30 heavy (non-hydrogen) atoms. The maximum atomic E-state index is 12.9. The maximum Gasteiger partial charge on any atom is 0.224 e. The number of carbonyl (C=O) groups is 2. The third kappa shape index (κ3) is 6.71. The van der Waals surface area contributed by atoms with Gasteiger partial charge in [-0.15, -0.1) is 0 Å². The van der Waals surface area contributed by atoms with Crippen LogP contribution in [-0.2, 0) is 14.3 Å². The Hall–Kier alpha value is -2.12. The molecule has 1 unspecified atom stereocenters. The van der Waals surface area contributed by atoms with Gasteiger partial charge >= 0.3 is 0 Å². The molecule has 1 N–H and O–H groups in total. The number of methoxy groups -OCH3 is 1. The molecule has 2 fully saturated rings. The maximum absolute atomic E-state index is 12.9. The second-order valence-electron chi connectivity index (χ2n) is 8.30. The highest BCUT2D eigenvalue weighted by Crippen LogP contribution is 2.25. The van der Waals surface area contributed by atoms with Crippen LogP contribution in [0.15, 0.2) is 24.3 Å². The molecule has 0 bridgehead atoms. The Morgan fingerprint density at radius 1 is 1.13 bits per heavy atom. The Labute approximate surface area is 179 Å².